The number of nitrogens with one attached hydrogen (secondary N) is 1. The van der Waals surface area contributed by atoms with Crippen LogP contribution in [-0.2, 0) is 11.3 Å². The van der Waals surface area contributed by atoms with Crippen LogP contribution in [0.1, 0.15) is 12.5 Å². The van der Waals surface area contributed by atoms with Crippen molar-refractivity contribution >= 4 is 0 Å². The third-order valence-corrected chi connectivity index (χ3v) is 1.99. The fraction of sp³-hybridized carbons (Fsp3) is 0.545. The van der Waals surface area contributed by atoms with Gasteiger partial charge in [-0.25, -0.2) is 4.98 Å². The minimum Gasteiger partial charge on any atom is -0.481 e. The zero-order valence-corrected chi connectivity index (χ0v) is 9.32. The lowest BCUT2D eigenvalue weighted by molar-refractivity contribution is 0.149. The van der Waals surface area contributed by atoms with Gasteiger partial charge in [0.25, 0.3) is 0 Å². The summed E-state index contributed by atoms with van der Waals surface area (Å²) in [6.07, 6.45) is 1.72. The van der Waals surface area contributed by atoms with Crippen LogP contribution in [0, 0.1) is 0 Å². The zero-order chi connectivity index (χ0) is 10.9. The first-order valence-corrected chi connectivity index (χ1v) is 5.14. The number of hydrogen-bond acceptors (Lipinski definition) is 4. The fourth-order valence-corrected chi connectivity index (χ4v) is 1.25. The van der Waals surface area contributed by atoms with Gasteiger partial charge in [0.2, 0.25) is 5.88 Å². The first-order chi connectivity index (χ1) is 7.38. The Balaban J connectivity index is 2.30. The Bertz CT molecular complexity index is 279. The number of aromatic nitrogens is 1. The topological polar surface area (TPSA) is 43.4 Å². The highest BCUT2D eigenvalue weighted by atomic mass is 16.5. The molecule has 0 amide bonds. The minimum absolute atomic E-state index is 0.682. The molecule has 15 heavy (non-hydrogen) atoms. The van der Waals surface area contributed by atoms with Crippen molar-refractivity contribution < 1.29 is 9.47 Å². The molecule has 1 aromatic rings. The molecule has 0 fully saturated rings. The minimum atomic E-state index is 0.682. The Morgan fingerprint density at radius 3 is 3.07 bits per heavy atom. The van der Waals surface area contributed by atoms with E-state index in [0.717, 1.165) is 31.9 Å². The molecule has 0 atom stereocenters. The van der Waals surface area contributed by atoms with Gasteiger partial charge in [-0.05, 0) is 13.0 Å². The summed E-state index contributed by atoms with van der Waals surface area (Å²) in [7, 11) is 1.63. The second-order valence-electron chi connectivity index (χ2n) is 3.05. The molecular formula is C11H18N2O2. The van der Waals surface area contributed by atoms with Gasteiger partial charge in [-0.3, -0.25) is 0 Å². The molecule has 1 rings (SSSR count). The lowest BCUT2D eigenvalue weighted by Crippen LogP contribution is -2.19. The maximum absolute atomic E-state index is 5.22. The molecule has 1 N–H and O–H groups in total. The highest BCUT2D eigenvalue weighted by molar-refractivity contribution is 5.24. The standard InChI is InChI=1S/C11H18N2O2/c1-3-15-8-7-12-9-10-5-4-6-13-11(10)14-2/h4-6,12H,3,7-9H2,1-2H3. The van der Waals surface area contributed by atoms with Crippen LogP contribution in [0.5, 0.6) is 5.88 Å². The summed E-state index contributed by atoms with van der Waals surface area (Å²) < 4.78 is 10.4. The van der Waals surface area contributed by atoms with E-state index in [4.69, 9.17) is 9.47 Å². The molecule has 0 aliphatic heterocycles. The lowest BCUT2D eigenvalue weighted by Gasteiger charge is -2.08. The normalized spacial score (nSPS) is 10.3. The summed E-state index contributed by atoms with van der Waals surface area (Å²) in [6, 6.07) is 3.90. The Hall–Kier alpha value is -1.13. The quantitative estimate of drug-likeness (QED) is 0.687. The second-order valence-corrected chi connectivity index (χ2v) is 3.05. The van der Waals surface area contributed by atoms with E-state index in [1.54, 1.807) is 13.3 Å². The monoisotopic (exact) mass is 210 g/mol. The molecule has 0 bridgehead atoms. The van der Waals surface area contributed by atoms with Crippen molar-refractivity contribution in [2.45, 2.75) is 13.5 Å². The maximum Gasteiger partial charge on any atom is 0.217 e. The van der Waals surface area contributed by atoms with Crippen LogP contribution in [0.15, 0.2) is 18.3 Å². The number of hydrogen-bond donors (Lipinski definition) is 1. The van der Waals surface area contributed by atoms with E-state index in [0.29, 0.717) is 5.88 Å². The molecule has 0 saturated carbocycles. The molecule has 0 aliphatic carbocycles. The van der Waals surface area contributed by atoms with Gasteiger partial charge in [-0.1, -0.05) is 6.07 Å². The highest BCUT2D eigenvalue weighted by Gasteiger charge is 2.01. The van der Waals surface area contributed by atoms with Crippen LogP contribution in [0.4, 0.5) is 0 Å². The van der Waals surface area contributed by atoms with Gasteiger partial charge in [0, 0.05) is 31.5 Å². The second kappa shape index (κ2) is 7.20. The Morgan fingerprint density at radius 1 is 1.47 bits per heavy atom. The van der Waals surface area contributed by atoms with E-state index in [1.165, 1.54) is 0 Å². The molecule has 4 heteroatoms. The molecular weight excluding hydrogens is 192 g/mol. The van der Waals surface area contributed by atoms with Crippen LogP contribution in [0.25, 0.3) is 0 Å². The van der Waals surface area contributed by atoms with Crippen LogP contribution in [-0.4, -0.2) is 31.9 Å². The molecule has 84 valence electrons. The first kappa shape index (κ1) is 11.9. The van der Waals surface area contributed by atoms with Gasteiger partial charge in [0.1, 0.15) is 0 Å². The van der Waals surface area contributed by atoms with Crippen molar-refractivity contribution in [3.8, 4) is 5.88 Å². The van der Waals surface area contributed by atoms with E-state index < -0.39 is 0 Å². The summed E-state index contributed by atoms with van der Waals surface area (Å²) >= 11 is 0. The van der Waals surface area contributed by atoms with Crippen molar-refractivity contribution in [1.29, 1.82) is 0 Å². The predicted molar refractivity (Wildman–Crippen MR) is 59.0 cm³/mol. The molecule has 0 unspecified atom stereocenters. The smallest absolute Gasteiger partial charge is 0.217 e. The molecule has 1 heterocycles. The predicted octanol–water partition coefficient (Wildman–Crippen LogP) is 1.22. The molecule has 0 radical (unpaired) electrons. The average molecular weight is 210 g/mol. The SMILES string of the molecule is CCOCCNCc1cccnc1OC. The van der Waals surface area contributed by atoms with Gasteiger partial charge in [0.15, 0.2) is 0 Å². The van der Waals surface area contributed by atoms with Crippen LogP contribution in [0.2, 0.25) is 0 Å². The van der Waals surface area contributed by atoms with Crippen molar-refractivity contribution in [2.75, 3.05) is 26.9 Å². The Labute approximate surface area is 90.6 Å². The molecule has 0 spiro atoms. The Kier molecular flexibility index (Phi) is 5.73. The first-order valence-electron chi connectivity index (χ1n) is 5.14. The molecule has 0 aromatic carbocycles. The number of rotatable bonds is 7. The van der Waals surface area contributed by atoms with E-state index in [2.05, 4.69) is 10.3 Å². The largest absolute Gasteiger partial charge is 0.481 e. The number of ether oxygens (including phenoxy) is 2. The van der Waals surface area contributed by atoms with Gasteiger partial charge < -0.3 is 14.8 Å². The van der Waals surface area contributed by atoms with Crippen LogP contribution in [0.3, 0.4) is 0 Å². The van der Waals surface area contributed by atoms with Crippen molar-refractivity contribution in [3.63, 3.8) is 0 Å². The van der Waals surface area contributed by atoms with Gasteiger partial charge in [-0.15, -0.1) is 0 Å². The summed E-state index contributed by atoms with van der Waals surface area (Å²) in [5.41, 5.74) is 1.07. The van der Waals surface area contributed by atoms with Crippen LogP contribution >= 0.6 is 0 Å². The van der Waals surface area contributed by atoms with E-state index in [-0.39, 0.29) is 0 Å². The van der Waals surface area contributed by atoms with Crippen molar-refractivity contribution in [3.05, 3.63) is 23.9 Å². The molecule has 0 aliphatic rings. The summed E-state index contributed by atoms with van der Waals surface area (Å²) in [5, 5.41) is 3.27. The van der Waals surface area contributed by atoms with Crippen molar-refractivity contribution in [1.82, 2.24) is 10.3 Å². The number of nitrogens with zero attached hydrogens (tertiary/aromatic N) is 1. The van der Waals surface area contributed by atoms with E-state index >= 15 is 0 Å². The number of methoxy groups -OCH3 is 1. The fourth-order valence-electron chi connectivity index (χ4n) is 1.25. The third-order valence-electron chi connectivity index (χ3n) is 1.99. The average Bonchev–Trinajstić information content (AvgIpc) is 2.29. The third kappa shape index (κ3) is 4.27. The Morgan fingerprint density at radius 2 is 2.33 bits per heavy atom. The number of pyridine rings is 1. The zero-order valence-electron chi connectivity index (χ0n) is 9.32. The molecule has 1 aromatic heterocycles. The van der Waals surface area contributed by atoms with Gasteiger partial charge in [-0.2, -0.15) is 0 Å². The van der Waals surface area contributed by atoms with E-state index in [1.807, 2.05) is 19.1 Å². The van der Waals surface area contributed by atoms with Gasteiger partial charge >= 0.3 is 0 Å². The van der Waals surface area contributed by atoms with Gasteiger partial charge in [0.05, 0.1) is 13.7 Å². The lowest BCUT2D eigenvalue weighted by atomic mass is 10.2. The maximum atomic E-state index is 5.22. The summed E-state index contributed by atoms with van der Waals surface area (Å²) in [5.74, 6) is 0.682. The molecule has 4 nitrogen and oxygen atoms in total. The highest BCUT2D eigenvalue weighted by Crippen LogP contribution is 2.12. The van der Waals surface area contributed by atoms with Crippen molar-refractivity contribution in [2.24, 2.45) is 0 Å². The summed E-state index contributed by atoms with van der Waals surface area (Å²) in [6.45, 7) is 5.08. The van der Waals surface area contributed by atoms with E-state index in [9.17, 15) is 0 Å². The molecule has 0 saturated heterocycles. The van der Waals surface area contributed by atoms with Crippen LogP contribution < -0.4 is 10.1 Å². The summed E-state index contributed by atoms with van der Waals surface area (Å²) in [4.78, 5) is 4.12.